The lowest BCUT2D eigenvalue weighted by atomic mass is 10.2. The Kier molecular flexibility index (Phi) is 5.35. The molecule has 1 atom stereocenters. The monoisotopic (exact) mass is 413 g/mol. The Morgan fingerprint density at radius 2 is 1.67 bits per heavy atom. The summed E-state index contributed by atoms with van der Waals surface area (Å²) >= 11 is 12.0. The molecule has 1 aromatic rings. The molecule has 24 heavy (non-hydrogen) atoms. The van der Waals surface area contributed by atoms with E-state index >= 15 is 0 Å². The van der Waals surface area contributed by atoms with Gasteiger partial charge < -0.3 is 0 Å². The van der Waals surface area contributed by atoms with Crippen LogP contribution in [0.3, 0.4) is 0 Å². The lowest BCUT2D eigenvalue weighted by Crippen LogP contribution is -2.39. The van der Waals surface area contributed by atoms with Gasteiger partial charge >= 0.3 is 0 Å². The van der Waals surface area contributed by atoms with Gasteiger partial charge in [-0.1, -0.05) is 23.2 Å². The van der Waals surface area contributed by atoms with E-state index in [2.05, 4.69) is 0 Å². The molecule has 5 nitrogen and oxygen atoms in total. The Labute approximate surface area is 153 Å². The SMILES string of the molecule is Cc1cc(S(=O)(=O)N2CCC(S(=O)(=O)C(C)(C)C)C2)c(Cl)cc1Cl. The highest BCUT2D eigenvalue weighted by atomic mass is 35.5. The largest absolute Gasteiger partial charge is 0.244 e. The molecular weight excluding hydrogens is 393 g/mol. The van der Waals surface area contributed by atoms with Crippen LogP contribution in [0.5, 0.6) is 0 Å². The second-order valence-electron chi connectivity index (χ2n) is 6.96. The van der Waals surface area contributed by atoms with Crippen LogP contribution in [0.1, 0.15) is 32.8 Å². The molecule has 1 heterocycles. The molecule has 0 amide bonds. The lowest BCUT2D eigenvalue weighted by molar-refractivity contribution is 0.475. The van der Waals surface area contributed by atoms with Crippen molar-refractivity contribution in [2.24, 2.45) is 0 Å². The molecule has 0 N–H and O–H groups in total. The molecule has 1 aromatic carbocycles. The van der Waals surface area contributed by atoms with Gasteiger partial charge in [-0.2, -0.15) is 4.31 Å². The zero-order valence-electron chi connectivity index (χ0n) is 14.0. The Bertz CT molecular complexity index is 858. The number of rotatable bonds is 3. The molecule has 1 unspecified atom stereocenters. The van der Waals surface area contributed by atoms with E-state index in [1.54, 1.807) is 27.7 Å². The van der Waals surface area contributed by atoms with Crippen molar-refractivity contribution >= 4 is 43.1 Å². The molecular formula is C15H21Cl2NO4S2. The summed E-state index contributed by atoms with van der Waals surface area (Å²) in [6, 6.07) is 2.82. The van der Waals surface area contributed by atoms with Crippen LogP contribution in [-0.2, 0) is 19.9 Å². The van der Waals surface area contributed by atoms with E-state index in [0.717, 1.165) is 0 Å². The molecule has 0 radical (unpaired) electrons. The fraction of sp³-hybridized carbons (Fsp3) is 0.600. The summed E-state index contributed by atoms with van der Waals surface area (Å²) in [7, 11) is -7.31. The van der Waals surface area contributed by atoms with E-state index in [1.165, 1.54) is 16.4 Å². The first-order chi connectivity index (χ1) is 10.8. The van der Waals surface area contributed by atoms with Gasteiger partial charge in [-0.05, 0) is 51.8 Å². The van der Waals surface area contributed by atoms with Crippen molar-refractivity contribution in [1.29, 1.82) is 0 Å². The zero-order valence-corrected chi connectivity index (χ0v) is 17.2. The molecule has 9 heteroatoms. The summed E-state index contributed by atoms with van der Waals surface area (Å²) in [6.45, 7) is 6.66. The number of halogens is 2. The van der Waals surface area contributed by atoms with Crippen molar-refractivity contribution in [1.82, 2.24) is 4.31 Å². The predicted molar refractivity (Wildman–Crippen MR) is 97.0 cm³/mol. The van der Waals surface area contributed by atoms with Gasteiger partial charge in [0.15, 0.2) is 9.84 Å². The van der Waals surface area contributed by atoms with Gasteiger partial charge in [0.05, 0.1) is 15.0 Å². The Morgan fingerprint density at radius 1 is 1.08 bits per heavy atom. The third-order valence-corrected chi connectivity index (χ3v) is 9.94. The smallest absolute Gasteiger partial charge is 0.228 e. The summed E-state index contributed by atoms with van der Waals surface area (Å²) < 4.78 is 51.1. The van der Waals surface area contributed by atoms with Gasteiger partial charge in [0.25, 0.3) is 0 Å². The van der Waals surface area contributed by atoms with E-state index in [4.69, 9.17) is 23.2 Å². The van der Waals surface area contributed by atoms with E-state index in [-0.39, 0.29) is 29.4 Å². The average Bonchev–Trinajstić information content (AvgIpc) is 2.92. The summed E-state index contributed by atoms with van der Waals surface area (Å²) in [4.78, 5) is -0.0418. The molecule has 0 aromatic heterocycles. The Balaban J connectivity index is 2.36. The minimum Gasteiger partial charge on any atom is -0.228 e. The number of benzene rings is 1. The number of sulfonamides is 1. The van der Waals surface area contributed by atoms with Gasteiger partial charge in [-0.15, -0.1) is 0 Å². The minimum atomic E-state index is -3.87. The highest BCUT2D eigenvalue weighted by Gasteiger charge is 2.44. The van der Waals surface area contributed by atoms with Crippen molar-refractivity contribution in [3.63, 3.8) is 0 Å². The van der Waals surface area contributed by atoms with Crippen LogP contribution >= 0.6 is 23.2 Å². The predicted octanol–water partition coefficient (Wildman–Crippen LogP) is 3.28. The van der Waals surface area contributed by atoms with Gasteiger partial charge in [0.1, 0.15) is 4.90 Å². The topological polar surface area (TPSA) is 71.5 Å². The first-order valence-electron chi connectivity index (χ1n) is 7.47. The highest BCUT2D eigenvalue weighted by molar-refractivity contribution is 7.93. The number of sulfone groups is 1. The summed E-state index contributed by atoms with van der Waals surface area (Å²) in [5.74, 6) is 0. The number of aryl methyl sites for hydroxylation is 1. The van der Waals surface area contributed by atoms with Crippen LogP contribution in [0.2, 0.25) is 10.0 Å². The quantitative estimate of drug-likeness (QED) is 0.761. The van der Waals surface area contributed by atoms with Gasteiger partial charge in [-0.25, -0.2) is 16.8 Å². The molecule has 0 saturated carbocycles. The van der Waals surface area contributed by atoms with Crippen molar-refractivity contribution in [2.75, 3.05) is 13.1 Å². The van der Waals surface area contributed by atoms with Gasteiger partial charge in [-0.3, -0.25) is 0 Å². The summed E-state index contributed by atoms with van der Waals surface area (Å²) in [6.07, 6.45) is 0.281. The molecule has 1 aliphatic rings. The maximum atomic E-state index is 12.8. The normalized spacial score (nSPS) is 20.5. The number of hydrogen-bond donors (Lipinski definition) is 0. The highest BCUT2D eigenvalue weighted by Crippen LogP contribution is 2.34. The van der Waals surface area contributed by atoms with E-state index < -0.39 is 29.9 Å². The summed E-state index contributed by atoms with van der Waals surface area (Å²) in [5, 5.41) is -0.291. The van der Waals surface area contributed by atoms with Gasteiger partial charge in [0.2, 0.25) is 10.0 Å². The maximum absolute atomic E-state index is 12.8. The van der Waals surface area contributed by atoms with E-state index in [1.807, 2.05) is 0 Å². The van der Waals surface area contributed by atoms with Crippen LogP contribution in [0.25, 0.3) is 0 Å². The van der Waals surface area contributed by atoms with Crippen LogP contribution in [0.4, 0.5) is 0 Å². The molecule has 1 aliphatic heterocycles. The summed E-state index contributed by atoms with van der Waals surface area (Å²) in [5.41, 5.74) is 0.595. The second kappa shape index (κ2) is 6.43. The molecule has 0 spiro atoms. The third kappa shape index (κ3) is 3.46. The molecule has 136 valence electrons. The van der Waals surface area contributed by atoms with Crippen LogP contribution in [0.15, 0.2) is 17.0 Å². The van der Waals surface area contributed by atoms with Crippen molar-refractivity contribution < 1.29 is 16.8 Å². The van der Waals surface area contributed by atoms with Crippen molar-refractivity contribution in [3.8, 4) is 0 Å². The number of hydrogen-bond acceptors (Lipinski definition) is 4. The molecule has 1 saturated heterocycles. The van der Waals surface area contributed by atoms with Crippen LogP contribution in [-0.4, -0.2) is 44.2 Å². The van der Waals surface area contributed by atoms with Crippen molar-refractivity contribution in [3.05, 3.63) is 27.7 Å². The van der Waals surface area contributed by atoms with Crippen molar-refractivity contribution in [2.45, 2.75) is 49.0 Å². The van der Waals surface area contributed by atoms with Crippen LogP contribution < -0.4 is 0 Å². The first kappa shape index (κ1) is 20.0. The minimum absolute atomic E-state index is 0.0349. The lowest BCUT2D eigenvalue weighted by Gasteiger charge is -2.24. The van der Waals surface area contributed by atoms with E-state index in [9.17, 15) is 16.8 Å². The maximum Gasteiger partial charge on any atom is 0.244 e. The molecule has 1 fully saturated rings. The average molecular weight is 414 g/mol. The Hall–Kier alpha value is -0.340. The molecule has 2 rings (SSSR count). The fourth-order valence-corrected chi connectivity index (χ4v) is 6.83. The zero-order chi connectivity index (χ0) is 18.5. The molecule has 0 aliphatic carbocycles. The van der Waals surface area contributed by atoms with Gasteiger partial charge in [0, 0.05) is 18.1 Å². The second-order valence-corrected chi connectivity index (χ2v) is 12.7. The standard InChI is InChI=1S/C15H21Cl2NO4S2/c1-10-7-14(13(17)8-12(10)16)24(21,22)18-6-5-11(9-18)23(19,20)15(2,3)4/h7-8,11H,5-6,9H2,1-4H3. The fourth-order valence-electron chi connectivity index (χ4n) is 2.64. The third-order valence-electron chi connectivity index (χ3n) is 4.23. The van der Waals surface area contributed by atoms with E-state index in [0.29, 0.717) is 10.6 Å². The molecule has 0 bridgehead atoms. The van der Waals surface area contributed by atoms with Crippen LogP contribution in [0, 0.1) is 6.92 Å². The first-order valence-corrected chi connectivity index (χ1v) is 11.2. The Morgan fingerprint density at radius 3 is 2.21 bits per heavy atom. The number of nitrogens with zero attached hydrogens (tertiary/aromatic N) is 1.